The molecule has 1 N–H and O–H groups in total. The molecule has 2 aliphatic carbocycles. The molecule has 12 aromatic rings. The smallest absolute Gasteiger partial charge is 0.137 e. The number of para-hydroxylation sites is 2. The largest absolute Gasteiger partial charge is 0.507 e. The summed E-state index contributed by atoms with van der Waals surface area (Å²) in [4.78, 5) is 20.4. The van der Waals surface area contributed by atoms with Crippen molar-refractivity contribution in [2.75, 3.05) is 7.11 Å². The van der Waals surface area contributed by atoms with Crippen molar-refractivity contribution >= 4 is 43.6 Å². The van der Waals surface area contributed by atoms with Crippen LogP contribution in [0.1, 0.15) is 178 Å². The van der Waals surface area contributed by atoms with Gasteiger partial charge >= 0.3 is 0 Å². The zero-order valence-electron chi connectivity index (χ0n) is 54.2. The fourth-order valence-corrected chi connectivity index (χ4v) is 15.7. The third kappa shape index (κ3) is 11.4. The number of phenols is 1. The Bertz CT molecular complexity index is 4480. The average Bonchev–Trinajstić information content (AvgIpc) is 1.58. The molecule has 0 spiro atoms. The lowest BCUT2D eigenvalue weighted by molar-refractivity contribution is 0.396. The number of ether oxygens (including phenoxy) is 1. The SMILES string of the molecule is CCCCCCC1(CCCCCC)c2ccc(-c3ccc4c5ccccc5n(-c5ccccn5)c4c3)nc2-c2c(O)cccc21.CCCCCCC1(CCCCCC)c2ccc(-c3ccc4c5ccccc5n(-c5ccccn5)c4c3)nc2-c2c(OC)cccc21. The standard InChI is InChI=1S/C42H45N3O.C41H43N3O/c1-4-6-8-13-26-42(27-14-9-7-5-2)33-18-16-20-38(46-3)40(33)41-34(42)24-25-35(44-41)30-22-23-32-31-17-10-11-19-36(31)45(37(32)29-30)39-21-12-15-28-43-39;1-3-5-7-12-25-41(26-13-8-6-4-2)32-17-15-19-37(45)39(32)40-33(41)23-24-34(43-40)29-21-22-31-30-16-9-10-18-35(30)44(36(31)28-29)38-20-11-14-27-42-38/h10-12,15-25,28-29H,4-9,13-14,26-27H2,1-3H3;9-11,14-24,27-28,45H,3-8,12-13,25-26H2,1-2H3. The van der Waals surface area contributed by atoms with Gasteiger partial charge in [-0.1, -0.05) is 240 Å². The monoisotopic (exact) mass is 1200 g/mol. The molecule has 0 fully saturated rings. The Hall–Kier alpha value is -8.88. The number of hydrogen-bond donors (Lipinski definition) is 1. The van der Waals surface area contributed by atoms with Crippen molar-refractivity contribution in [3.05, 3.63) is 217 Å². The minimum Gasteiger partial charge on any atom is -0.507 e. The molecule has 0 aliphatic heterocycles. The molecule has 6 heterocycles. The van der Waals surface area contributed by atoms with Gasteiger partial charge in [-0.15, -0.1) is 0 Å². The van der Waals surface area contributed by atoms with Crippen molar-refractivity contribution in [3.63, 3.8) is 0 Å². The summed E-state index contributed by atoms with van der Waals surface area (Å²) < 4.78 is 10.6. The molecule has 0 bridgehead atoms. The van der Waals surface area contributed by atoms with Gasteiger partial charge in [0.05, 0.1) is 52.0 Å². The van der Waals surface area contributed by atoms with E-state index in [0.29, 0.717) is 5.75 Å². The topological polar surface area (TPSA) is 90.9 Å². The van der Waals surface area contributed by atoms with Crippen LogP contribution in [-0.4, -0.2) is 41.3 Å². The van der Waals surface area contributed by atoms with Crippen LogP contribution in [0.3, 0.4) is 0 Å². The van der Waals surface area contributed by atoms with Crippen LogP contribution in [0.15, 0.2) is 194 Å². The number of phenolic OH excluding ortho intramolecular Hbond substituents is 1. The second-order valence-corrected chi connectivity index (χ2v) is 25.7. The molecule has 91 heavy (non-hydrogen) atoms. The van der Waals surface area contributed by atoms with Crippen LogP contribution in [0.4, 0.5) is 0 Å². The summed E-state index contributed by atoms with van der Waals surface area (Å²) in [5.41, 5.74) is 18.0. The highest BCUT2D eigenvalue weighted by Gasteiger charge is 2.46. The molecule has 8 nitrogen and oxygen atoms in total. The maximum Gasteiger partial charge on any atom is 0.137 e. The molecule has 0 amide bonds. The van der Waals surface area contributed by atoms with Crippen LogP contribution in [0.25, 0.3) is 100 Å². The summed E-state index contributed by atoms with van der Waals surface area (Å²) in [6.45, 7) is 9.14. The fourth-order valence-electron chi connectivity index (χ4n) is 15.7. The number of unbranched alkanes of at least 4 members (excludes halogenated alkanes) is 12. The number of benzene rings is 6. The number of nitrogens with zero attached hydrogens (tertiary/aromatic N) is 6. The lowest BCUT2D eigenvalue weighted by Gasteiger charge is -2.32. The van der Waals surface area contributed by atoms with Gasteiger partial charge in [-0.25, -0.2) is 19.9 Å². The molecule has 6 aromatic heterocycles. The van der Waals surface area contributed by atoms with E-state index in [1.54, 1.807) is 7.11 Å². The lowest BCUT2D eigenvalue weighted by atomic mass is 9.70. The normalized spacial score (nSPS) is 13.3. The summed E-state index contributed by atoms with van der Waals surface area (Å²) in [5.74, 6) is 3.09. The Morgan fingerprint density at radius 3 is 1.23 bits per heavy atom. The molecule has 0 saturated heterocycles. The molecule has 0 radical (unpaired) electrons. The van der Waals surface area contributed by atoms with Crippen molar-refractivity contribution < 1.29 is 9.84 Å². The number of hydrogen-bond acceptors (Lipinski definition) is 6. The van der Waals surface area contributed by atoms with Crippen LogP contribution in [0.5, 0.6) is 11.5 Å². The highest BCUT2D eigenvalue weighted by atomic mass is 16.5. The van der Waals surface area contributed by atoms with Gasteiger partial charge in [0.15, 0.2) is 0 Å². The zero-order chi connectivity index (χ0) is 62.3. The Kier molecular flexibility index (Phi) is 18.3. The summed E-state index contributed by atoms with van der Waals surface area (Å²) in [5, 5.41) is 16.2. The van der Waals surface area contributed by atoms with E-state index in [1.165, 1.54) is 152 Å². The van der Waals surface area contributed by atoms with E-state index in [1.807, 2.05) is 42.7 Å². The first-order valence-electron chi connectivity index (χ1n) is 34.3. The number of fused-ring (bicyclic) bond motifs is 12. The highest BCUT2D eigenvalue weighted by molar-refractivity contribution is 6.11. The van der Waals surface area contributed by atoms with Crippen molar-refractivity contribution in [1.29, 1.82) is 0 Å². The third-order valence-electron chi connectivity index (χ3n) is 20.1. The number of rotatable bonds is 25. The highest BCUT2D eigenvalue weighted by Crippen LogP contribution is 2.58. The minimum atomic E-state index is -0.105. The van der Waals surface area contributed by atoms with Crippen LogP contribution in [0.2, 0.25) is 0 Å². The number of aromatic hydroxyl groups is 1. The fraction of sp³-hybridized carbons (Fsp3) is 0.325. The molecule has 2 aliphatic rings. The van der Waals surface area contributed by atoms with Crippen molar-refractivity contribution in [1.82, 2.24) is 29.1 Å². The van der Waals surface area contributed by atoms with Crippen molar-refractivity contribution in [3.8, 4) is 68.2 Å². The van der Waals surface area contributed by atoms with E-state index < -0.39 is 0 Å². The molecular formula is C83H88N6O2. The number of pyridine rings is 4. The minimum absolute atomic E-state index is 0.0262. The second-order valence-electron chi connectivity index (χ2n) is 25.7. The molecule has 8 heteroatoms. The maximum absolute atomic E-state index is 11.3. The molecule has 6 aromatic carbocycles. The lowest BCUT2D eigenvalue weighted by Crippen LogP contribution is -2.25. The predicted octanol–water partition coefficient (Wildman–Crippen LogP) is 22.6. The van der Waals surface area contributed by atoms with Gasteiger partial charge < -0.3 is 9.84 Å². The summed E-state index contributed by atoms with van der Waals surface area (Å²) in [6, 6.07) is 64.7. The van der Waals surface area contributed by atoms with Crippen molar-refractivity contribution in [2.24, 2.45) is 0 Å². The first kappa shape index (κ1) is 61.0. The number of methoxy groups -OCH3 is 1. The third-order valence-corrected chi connectivity index (χ3v) is 20.1. The van der Waals surface area contributed by atoms with Crippen LogP contribution < -0.4 is 4.74 Å². The van der Waals surface area contributed by atoms with Crippen LogP contribution >= 0.6 is 0 Å². The van der Waals surface area contributed by atoms with Gasteiger partial charge in [-0.2, -0.15) is 0 Å². The molecule has 0 unspecified atom stereocenters. The second kappa shape index (κ2) is 27.3. The first-order valence-corrected chi connectivity index (χ1v) is 34.3. The van der Waals surface area contributed by atoms with E-state index in [0.717, 1.165) is 105 Å². The first-order chi connectivity index (χ1) is 44.9. The van der Waals surface area contributed by atoms with Crippen LogP contribution in [0, 0.1) is 0 Å². The summed E-state index contributed by atoms with van der Waals surface area (Å²) in [6.07, 6.45) is 28.2. The van der Waals surface area contributed by atoms with Gasteiger partial charge in [0.25, 0.3) is 0 Å². The van der Waals surface area contributed by atoms with E-state index in [4.69, 9.17) is 24.7 Å². The Balaban J connectivity index is 0.000000167. The quantitative estimate of drug-likeness (QED) is 0.0574. The Morgan fingerprint density at radius 1 is 0.374 bits per heavy atom. The van der Waals surface area contributed by atoms with E-state index in [2.05, 4.69) is 188 Å². The molecule has 0 saturated carbocycles. The summed E-state index contributed by atoms with van der Waals surface area (Å²) >= 11 is 0. The van der Waals surface area contributed by atoms with Crippen molar-refractivity contribution in [2.45, 2.75) is 167 Å². The molecule has 462 valence electrons. The Labute approximate surface area is 538 Å². The van der Waals surface area contributed by atoms with E-state index in [9.17, 15) is 5.11 Å². The summed E-state index contributed by atoms with van der Waals surface area (Å²) in [7, 11) is 1.80. The average molecular weight is 1200 g/mol. The molecular weight excluding hydrogens is 1110 g/mol. The van der Waals surface area contributed by atoms with Gasteiger partial charge in [-0.05, 0) is 121 Å². The van der Waals surface area contributed by atoms with Gasteiger partial charge in [0, 0.05) is 67.0 Å². The molecule has 0 atom stereocenters. The van der Waals surface area contributed by atoms with Gasteiger partial charge in [0.1, 0.15) is 23.1 Å². The number of aromatic nitrogens is 6. The van der Waals surface area contributed by atoms with Gasteiger partial charge in [0.2, 0.25) is 0 Å². The van der Waals surface area contributed by atoms with Gasteiger partial charge in [-0.3, -0.25) is 9.13 Å². The Morgan fingerprint density at radius 2 is 0.791 bits per heavy atom. The van der Waals surface area contributed by atoms with E-state index >= 15 is 0 Å². The zero-order valence-corrected chi connectivity index (χ0v) is 54.2. The predicted molar refractivity (Wildman–Crippen MR) is 379 cm³/mol. The van der Waals surface area contributed by atoms with E-state index in [-0.39, 0.29) is 10.8 Å². The molecule has 14 rings (SSSR count). The van der Waals surface area contributed by atoms with Crippen LogP contribution in [-0.2, 0) is 10.8 Å². The maximum atomic E-state index is 11.3.